The highest BCUT2D eigenvalue weighted by atomic mass is 79.9. The van der Waals surface area contributed by atoms with Crippen molar-refractivity contribution < 1.29 is 9.59 Å². The number of benzene rings is 1. The highest BCUT2D eigenvalue weighted by Crippen LogP contribution is 2.48. The fourth-order valence-electron chi connectivity index (χ4n) is 3.28. The van der Waals surface area contributed by atoms with Crippen LogP contribution in [0.25, 0.3) is 0 Å². The first kappa shape index (κ1) is 17.0. The normalized spacial score (nSPS) is 21.9. The predicted molar refractivity (Wildman–Crippen MR) is 103 cm³/mol. The summed E-state index contributed by atoms with van der Waals surface area (Å²) in [6.45, 7) is 1.68. The minimum absolute atomic E-state index is 0.00291. The first-order valence-corrected chi connectivity index (χ1v) is 9.43. The van der Waals surface area contributed by atoms with Gasteiger partial charge in [-0.15, -0.1) is 0 Å². The molecule has 0 unspecified atom stereocenters. The number of pyridine rings is 1. The van der Waals surface area contributed by atoms with E-state index >= 15 is 0 Å². The lowest BCUT2D eigenvalue weighted by atomic mass is 10.1. The standard InChI is InChI=1S/C19H19BrN4O2/c20-13-3-1-12(2-4-13)15-9-16(15)19(26)23-14-5-6-17(22-10-14)24-8-7-21-18(25)11-24/h1-6,10,15-16H,7-9,11H2,(H,21,25)(H,23,26)/t15-,16+/m1/s1. The summed E-state index contributed by atoms with van der Waals surface area (Å²) in [5, 5.41) is 5.74. The molecule has 0 spiro atoms. The predicted octanol–water partition coefficient (Wildman–Crippen LogP) is 2.52. The fourth-order valence-corrected chi connectivity index (χ4v) is 3.54. The Hall–Kier alpha value is -2.41. The third-order valence-corrected chi connectivity index (χ3v) is 5.33. The number of carbonyl (C=O) groups excluding carboxylic acids is 2. The van der Waals surface area contributed by atoms with Crippen LogP contribution in [0, 0.1) is 5.92 Å². The van der Waals surface area contributed by atoms with Gasteiger partial charge < -0.3 is 15.5 Å². The Morgan fingerprint density at radius 2 is 2.04 bits per heavy atom. The van der Waals surface area contributed by atoms with Crippen LogP contribution < -0.4 is 15.5 Å². The second kappa shape index (κ2) is 7.07. The van der Waals surface area contributed by atoms with Crippen LogP contribution in [-0.4, -0.2) is 36.4 Å². The van der Waals surface area contributed by atoms with E-state index in [9.17, 15) is 9.59 Å². The number of aromatic nitrogens is 1. The first-order chi connectivity index (χ1) is 12.6. The van der Waals surface area contributed by atoms with E-state index < -0.39 is 0 Å². The van der Waals surface area contributed by atoms with Gasteiger partial charge in [0.2, 0.25) is 11.8 Å². The highest BCUT2D eigenvalue weighted by Gasteiger charge is 2.43. The second-order valence-corrected chi connectivity index (χ2v) is 7.58. The Kier molecular flexibility index (Phi) is 4.63. The summed E-state index contributed by atoms with van der Waals surface area (Å²) in [6, 6.07) is 11.8. The maximum absolute atomic E-state index is 12.4. The molecule has 1 aromatic carbocycles. The number of hydrogen-bond donors (Lipinski definition) is 2. The molecule has 2 aromatic rings. The number of nitrogens with one attached hydrogen (secondary N) is 2. The monoisotopic (exact) mass is 414 g/mol. The molecule has 26 heavy (non-hydrogen) atoms. The van der Waals surface area contributed by atoms with E-state index in [1.807, 2.05) is 29.2 Å². The zero-order chi connectivity index (χ0) is 18.1. The average Bonchev–Trinajstić information content (AvgIpc) is 3.44. The Balaban J connectivity index is 1.35. The Bertz CT molecular complexity index is 822. The van der Waals surface area contributed by atoms with Gasteiger partial charge in [-0.2, -0.15) is 0 Å². The van der Waals surface area contributed by atoms with Crippen LogP contribution in [0.5, 0.6) is 0 Å². The maximum Gasteiger partial charge on any atom is 0.239 e. The minimum Gasteiger partial charge on any atom is -0.353 e. The molecule has 1 saturated carbocycles. The molecule has 1 aliphatic carbocycles. The molecule has 2 amide bonds. The largest absolute Gasteiger partial charge is 0.353 e. The van der Waals surface area contributed by atoms with E-state index in [2.05, 4.69) is 43.7 Å². The quantitative estimate of drug-likeness (QED) is 0.805. The molecule has 0 bridgehead atoms. The summed E-state index contributed by atoms with van der Waals surface area (Å²) in [6.07, 6.45) is 2.53. The molecule has 2 heterocycles. The van der Waals surface area contributed by atoms with Gasteiger partial charge in [-0.05, 0) is 42.2 Å². The van der Waals surface area contributed by atoms with Gasteiger partial charge in [-0.1, -0.05) is 28.1 Å². The average molecular weight is 415 g/mol. The van der Waals surface area contributed by atoms with Crippen molar-refractivity contribution in [2.45, 2.75) is 12.3 Å². The lowest BCUT2D eigenvalue weighted by molar-refractivity contribution is -0.120. The van der Waals surface area contributed by atoms with Crippen LogP contribution >= 0.6 is 15.9 Å². The van der Waals surface area contributed by atoms with E-state index in [0.29, 0.717) is 24.7 Å². The van der Waals surface area contributed by atoms with Gasteiger partial charge in [0.1, 0.15) is 5.82 Å². The van der Waals surface area contributed by atoms with Crippen molar-refractivity contribution in [1.82, 2.24) is 10.3 Å². The molecule has 1 aromatic heterocycles. The van der Waals surface area contributed by atoms with Crippen molar-refractivity contribution in [2.75, 3.05) is 29.9 Å². The molecular weight excluding hydrogens is 396 g/mol. The lowest BCUT2D eigenvalue weighted by Gasteiger charge is -2.27. The molecule has 2 N–H and O–H groups in total. The summed E-state index contributed by atoms with van der Waals surface area (Å²) >= 11 is 3.43. The Morgan fingerprint density at radius 1 is 1.23 bits per heavy atom. The van der Waals surface area contributed by atoms with Gasteiger partial charge in [-0.25, -0.2) is 4.98 Å². The molecule has 0 radical (unpaired) electrons. The molecule has 1 aliphatic heterocycles. The smallest absolute Gasteiger partial charge is 0.239 e. The third-order valence-electron chi connectivity index (χ3n) is 4.80. The molecule has 6 nitrogen and oxygen atoms in total. The number of rotatable bonds is 4. The van der Waals surface area contributed by atoms with Crippen molar-refractivity contribution in [3.8, 4) is 0 Å². The topological polar surface area (TPSA) is 74.3 Å². The van der Waals surface area contributed by atoms with Crippen LogP contribution in [-0.2, 0) is 9.59 Å². The third kappa shape index (κ3) is 3.72. The van der Waals surface area contributed by atoms with Crippen LogP contribution in [0.1, 0.15) is 17.9 Å². The van der Waals surface area contributed by atoms with Crippen LogP contribution in [0.3, 0.4) is 0 Å². The molecule has 2 aliphatic rings. The molecule has 134 valence electrons. The zero-order valence-corrected chi connectivity index (χ0v) is 15.7. The number of carbonyl (C=O) groups is 2. The summed E-state index contributed by atoms with van der Waals surface area (Å²) in [5.74, 6) is 1.09. The number of halogens is 1. The molecule has 2 atom stereocenters. The maximum atomic E-state index is 12.4. The van der Waals surface area contributed by atoms with Crippen LogP contribution in [0.2, 0.25) is 0 Å². The summed E-state index contributed by atoms with van der Waals surface area (Å²) in [5.41, 5.74) is 1.88. The number of piperazine rings is 1. The number of hydrogen-bond acceptors (Lipinski definition) is 4. The van der Waals surface area contributed by atoms with E-state index in [-0.39, 0.29) is 17.7 Å². The van der Waals surface area contributed by atoms with E-state index in [1.54, 1.807) is 6.20 Å². The molecule has 7 heteroatoms. The van der Waals surface area contributed by atoms with Gasteiger partial charge in [0, 0.05) is 23.5 Å². The molecule has 4 rings (SSSR count). The molecule has 2 fully saturated rings. The van der Waals surface area contributed by atoms with E-state index in [1.165, 1.54) is 5.56 Å². The summed E-state index contributed by atoms with van der Waals surface area (Å²) < 4.78 is 1.04. The van der Waals surface area contributed by atoms with Crippen molar-refractivity contribution in [3.05, 3.63) is 52.6 Å². The molecule has 1 saturated heterocycles. The summed E-state index contributed by atoms with van der Waals surface area (Å²) in [4.78, 5) is 30.2. The zero-order valence-electron chi connectivity index (χ0n) is 14.1. The minimum atomic E-state index is 0.00291. The fraction of sp³-hybridized carbons (Fsp3) is 0.316. The van der Waals surface area contributed by atoms with Crippen LogP contribution in [0.15, 0.2) is 47.1 Å². The summed E-state index contributed by atoms with van der Waals surface area (Å²) in [7, 11) is 0. The Labute approximate surface area is 160 Å². The van der Waals surface area contributed by atoms with Gasteiger partial charge in [-0.3, -0.25) is 9.59 Å². The van der Waals surface area contributed by atoms with E-state index in [4.69, 9.17) is 0 Å². The lowest BCUT2D eigenvalue weighted by Crippen LogP contribution is -2.48. The number of nitrogens with zero attached hydrogens (tertiary/aromatic N) is 2. The highest BCUT2D eigenvalue weighted by molar-refractivity contribution is 9.10. The van der Waals surface area contributed by atoms with Crippen molar-refractivity contribution in [1.29, 1.82) is 0 Å². The van der Waals surface area contributed by atoms with E-state index in [0.717, 1.165) is 23.3 Å². The Morgan fingerprint density at radius 3 is 2.73 bits per heavy atom. The molecular formula is C19H19BrN4O2. The number of amides is 2. The van der Waals surface area contributed by atoms with Gasteiger partial charge in [0.05, 0.1) is 18.4 Å². The number of anilines is 2. The van der Waals surface area contributed by atoms with Gasteiger partial charge in [0.15, 0.2) is 0 Å². The van der Waals surface area contributed by atoms with Crippen molar-refractivity contribution in [3.63, 3.8) is 0 Å². The van der Waals surface area contributed by atoms with Crippen LogP contribution in [0.4, 0.5) is 11.5 Å². The van der Waals surface area contributed by atoms with Crippen molar-refractivity contribution in [2.24, 2.45) is 5.92 Å². The van der Waals surface area contributed by atoms with Gasteiger partial charge in [0.25, 0.3) is 0 Å². The first-order valence-electron chi connectivity index (χ1n) is 8.64. The second-order valence-electron chi connectivity index (χ2n) is 6.67. The van der Waals surface area contributed by atoms with Gasteiger partial charge >= 0.3 is 0 Å². The SMILES string of the molecule is O=C1CN(c2ccc(NC(=O)[C@H]3C[C@@H]3c3ccc(Br)cc3)cn2)CCN1. The van der Waals surface area contributed by atoms with Crippen molar-refractivity contribution >= 4 is 39.2 Å².